The molecule has 1 radical (unpaired) electrons. The van der Waals surface area contributed by atoms with Crippen LogP contribution in [0.3, 0.4) is 0 Å². The maximum Gasteiger partial charge on any atom is 0.0928 e. The molecule has 0 amide bonds. The van der Waals surface area contributed by atoms with E-state index >= 15 is 0 Å². The predicted molar refractivity (Wildman–Crippen MR) is 36.8 cm³/mol. The monoisotopic (exact) mass is 129 g/mol. The lowest BCUT2D eigenvalue weighted by molar-refractivity contribution is 0.370. The standard InChI is InChI=1S/C8H14F/c9-7-6-8-4-2-1-3-5-8/h6,8H,1-5,7H2. The largest absolute Gasteiger partial charge is 0.251 e. The van der Waals surface area contributed by atoms with Gasteiger partial charge in [0.15, 0.2) is 0 Å². The molecule has 0 unspecified atom stereocenters. The maximum absolute atomic E-state index is 11.7. The van der Waals surface area contributed by atoms with Crippen molar-refractivity contribution in [3.8, 4) is 0 Å². The van der Waals surface area contributed by atoms with Crippen LogP contribution in [0.4, 0.5) is 4.39 Å². The van der Waals surface area contributed by atoms with Crippen LogP contribution in [0.25, 0.3) is 0 Å². The van der Waals surface area contributed by atoms with E-state index in [2.05, 4.69) is 0 Å². The third-order valence-corrected chi connectivity index (χ3v) is 2.07. The van der Waals surface area contributed by atoms with Crippen LogP contribution in [0.5, 0.6) is 0 Å². The molecule has 0 aliphatic heterocycles. The Morgan fingerprint density at radius 3 is 2.44 bits per heavy atom. The van der Waals surface area contributed by atoms with Gasteiger partial charge < -0.3 is 0 Å². The Labute approximate surface area is 56.5 Å². The van der Waals surface area contributed by atoms with Crippen LogP contribution < -0.4 is 0 Å². The minimum absolute atomic E-state index is 0.231. The second-order valence-corrected chi connectivity index (χ2v) is 2.79. The highest BCUT2D eigenvalue weighted by atomic mass is 19.1. The van der Waals surface area contributed by atoms with Gasteiger partial charge in [0.2, 0.25) is 0 Å². The Morgan fingerprint density at radius 1 is 1.22 bits per heavy atom. The molecule has 0 bridgehead atoms. The summed E-state index contributed by atoms with van der Waals surface area (Å²) in [5.74, 6) is 0.601. The quantitative estimate of drug-likeness (QED) is 0.537. The summed E-state index contributed by atoms with van der Waals surface area (Å²) in [6.07, 6.45) is 8.24. The van der Waals surface area contributed by atoms with Gasteiger partial charge in [-0.15, -0.1) is 0 Å². The van der Waals surface area contributed by atoms with Crippen molar-refractivity contribution >= 4 is 0 Å². The molecule has 0 N–H and O–H groups in total. The average molecular weight is 129 g/mol. The molecule has 1 aliphatic rings. The van der Waals surface area contributed by atoms with Crippen molar-refractivity contribution in [1.82, 2.24) is 0 Å². The maximum atomic E-state index is 11.7. The first kappa shape index (κ1) is 7.04. The van der Waals surface area contributed by atoms with E-state index in [-0.39, 0.29) is 6.67 Å². The Kier molecular flexibility index (Phi) is 3.02. The van der Waals surface area contributed by atoms with Gasteiger partial charge in [0.05, 0.1) is 6.67 Å². The summed E-state index contributed by atoms with van der Waals surface area (Å²) in [5.41, 5.74) is 0. The van der Waals surface area contributed by atoms with E-state index in [0.29, 0.717) is 5.92 Å². The highest BCUT2D eigenvalue weighted by Gasteiger charge is 2.12. The minimum atomic E-state index is -0.231. The number of halogens is 1. The van der Waals surface area contributed by atoms with Crippen molar-refractivity contribution in [2.45, 2.75) is 32.1 Å². The SMILES string of the molecule is FC[CH]C1CCCCC1. The van der Waals surface area contributed by atoms with Gasteiger partial charge in [-0.3, -0.25) is 4.39 Å². The van der Waals surface area contributed by atoms with Crippen molar-refractivity contribution in [3.63, 3.8) is 0 Å². The highest BCUT2D eigenvalue weighted by molar-refractivity contribution is 4.78. The average Bonchev–Trinajstić information content (AvgIpc) is 1.91. The van der Waals surface area contributed by atoms with Crippen molar-refractivity contribution in [2.75, 3.05) is 6.67 Å². The van der Waals surface area contributed by atoms with Crippen LogP contribution in [0, 0.1) is 12.3 Å². The molecule has 1 saturated carbocycles. The van der Waals surface area contributed by atoms with Gasteiger partial charge in [-0.25, -0.2) is 0 Å². The van der Waals surface area contributed by atoms with E-state index < -0.39 is 0 Å². The zero-order chi connectivity index (χ0) is 6.53. The van der Waals surface area contributed by atoms with Gasteiger partial charge in [-0.05, 0) is 12.3 Å². The fraction of sp³-hybridized carbons (Fsp3) is 0.875. The summed E-state index contributed by atoms with van der Waals surface area (Å²) in [4.78, 5) is 0. The van der Waals surface area contributed by atoms with Crippen LogP contribution >= 0.6 is 0 Å². The highest BCUT2D eigenvalue weighted by Crippen LogP contribution is 2.25. The molecular weight excluding hydrogens is 115 g/mol. The van der Waals surface area contributed by atoms with Crippen LogP contribution in [0.15, 0.2) is 0 Å². The normalized spacial score (nSPS) is 22.3. The molecule has 1 rings (SSSR count). The van der Waals surface area contributed by atoms with Crippen molar-refractivity contribution in [2.24, 2.45) is 5.92 Å². The van der Waals surface area contributed by atoms with Gasteiger partial charge >= 0.3 is 0 Å². The van der Waals surface area contributed by atoms with Gasteiger partial charge in [0.25, 0.3) is 0 Å². The first-order valence-corrected chi connectivity index (χ1v) is 3.83. The molecule has 9 heavy (non-hydrogen) atoms. The lowest BCUT2D eigenvalue weighted by atomic mass is 9.87. The summed E-state index contributed by atoms with van der Waals surface area (Å²) in [6.45, 7) is -0.231. The lowest BCUT2D eigenvalue weighted by Gasteiger charge is -2.19. The molecule has 1 aliphatic carbocycles. The summed E-state index contributed by atoms with van der Waals surface area (Å²) >= 11 is 0. The summed E-state index contributed by atoms with van der Waals surface area (Å²) in [6, 6.07) is 0. The van der Waals surface area contributed by atoms with Crippen LogP contribution in [-0.2, 0) is 0 Å². The molecular formula is C8H14F. The fourth-order valence-corrected chi connectivity index (χ4v) is 1.50. The third kappa shape index (κ3) is 2.33. The molecule has 0 aromatic carbocycles. The Bertz CT molecular complexity index is 62.2. The van der Waals surface area contributed by atoms with Gasteiger partial charge in [-0.2, -0.15) is 0 Å². The van der Waals surface area contributed by atoms with Crippen LogP contribution in [-0.4, -0.2) is 6.67 Å². The van der Waals surface area contributed by atoms with Gasteiger partial charge in [0, 0.05) is 0 Å². The molecule has 0 saturated heterocycles. The van der Waals surface area contributed by atoms with Crippen LogP contribution in [0.1, 0.15) is 32.1 Å². The zero-order valence-electron chi connectivity index (χ0n) is 5.78. The number of alkyl halides is 1. The summed E-state index contributed by atoms with van der Waals surface area (Å²) in [7, 11) is 0. The Balaban J connectivity index is 2.08. The van der Waals surface area contributed by atoms with Crippen molar-refractivity contribution < 1.29 is 4.39 Å². The second-order valence-electron chi connectivity index (χ2n) is 2.79. The molecule has 0 aromatic rings. The first-order chi connectivity index (χ1) is 4.43. The van der Waals surface area contributed by atoms with E-state index in [1.165, 1.54) is 32.1 Å². The molecule has 1 heteroatoms. The smallest absolute Gasteiger partial charge is 0.0928 e. The van der Waals surface area contributed by atoms with E-state index in [1.54, 1.807) is 0 Å². The summed E-state index contributed by atoms with van der Waals surface area (Å²) < 4.78 is 11.7. The molecule has 0 heterocycles. The van der Waals surface area contributed by atoms with Gasteiger partial charge in [-0.1, -0.05) is 32.1 Å². The number of hydrogen-bond donors (Lipinski definition) is 0. The minimum Gasteiger partial charge on any atom is -0.251 e. The molecule has 53 valence electrons. The molecule has 0 aromatic heterocycles. The van der Waals surface area contributed by atoms with E-state index in [4.69, 9.17) is 0 Å². The topological polar surface area (TPSA) is 0 Å². The van der Waals surface area contributed by atoms with Crippen molar-refractivity contribution in [3.05, 3.63) is 6.42 Å². The lowest BCUT2D eigenvalue weighted by Crippen LogP contribution is -2.07. The fourth-order valence-electron chi connectivity index (χ4n) is 1.50. The zero-order valence-corrected chi connectivity index (χ0v) is 5.78. The number of rotatable bonds is 2. The summed E-state index contributed by atoms with van der Waals surface area (Å²) in [5, 5.41) is 0. The van der Waals surface area contributed by atoms with Gasteiger partial charge in [0.1, 0.15) is 0 Å². The molecule has 1 fully saturated rings. The second kappa shape index (κ2) is 3.86. The van der Waals surface area contributed by atoms with Crippen molar-refractivity contribution in [1.29, 1.82) is 0 Å². The molecule has 0 spiro atoms. The first-order valence-electron chi connectivity index (χ1n) is 3.83. The van der Waals surface area contributed by atoms with E-state index in [0.717, 1.165) is 0 Å². The van der Waals surface area contributed by atoms with E-state index in [1.807, 2.05) is 6.42 Å². The predicted octanol–water partition coefficient (Wildman–Crippen LogP) is 2.74. The third-order valence-electron chi connectivity index (χ3n) is 2.07. The Hall–Kier alpha value is -0.0700. The molecule has 0 nitrogen and oxygen atoms in total. The van der Waals surface area contributed by atoms with Crippen LogP contribution in [0.2, 0.25) is 0 Å². The number of hydrogen-bond acceptors (Lipinski definition) is 0. The molecule has 0 atom stereocenters. The Morgan fingerprint density at radius 2 is 1.89 bits per heavy atom. The van der Waals surface area contributed by atoms with E-state index in [9.17, 15) is 4.39 Å².